The average molecular weight is 163 g/mol. The zero-order chi connectivity index (χ0) is 7.98. The summed E-state index contributed by atoms with van der Waals surface area (Å²) in [6.45, 7) is 5.22. The molecule has 2 unspecified atom stereocenters. The second-order valence-electron chi connectivity index (χ2n) is 2.60. The molecular weight excluding hydrogens is 146 g/mol. The van der Waals surface area contributed by atoms with Gasteiger partial charge in [0.05, 0.1) is 0 Å². The second kappa shape index (κ2) is 5.86. The van der Waals surface area contributed by atoms with Crippen molar-refractivity contribution in [2.75, 3.05) is 18.6 Å². The van der Waals surface area contributed by atoms with Gasteiger partial charge in [0.15, 0.2) is 0 Å². The summed E-state index contributed by atoms with van der Waals surface area (Å²) in [5.41, 5.74) is 0. The van der Waals surface area contributed by atoms with Gasteiger partial charge in [-0.3, -0.25) is 4.21 Å². The second-order valence-corrected chi connectivity index (χ2v) is 4.07. The Hall–Kier alpha value is 0.110. The fraction of sp³-hybridized carbons (Fsp3) is 1.00. The highest BCUT2D eigenvalue weighted by atomic mass is 32.2. The number of nitrogens with one attached hydrogen (secondary N) is 1. The third-order valence-corrected chi connectivity index (χ3v) is 2.20. The summed E-state index contributed by atoms with van der Waals surface area (Å²) in [6, 6.07) is 0.394. The molecule has 0 bridgehead atoms. The van der Waals surface area contributed by atoms with E-state index in [1.54, 1.807) is 6.26 Å². The standard InChI is InChI=1S/C7H17NOS/c1-4-5-8-7(2)6-10(3)9/h7-8H,4-6H2,1-3H3. The maximum absolute atomic E-state index is 10.7. The first-order valence-electron chi connectivity index (χ1n) is 3.70. The van der Waals surface area contributed by atoms with Gasteiger partial charge in [0.25, 0.3) is 0 Å². The molecule has 3 heteroatoms. The van der Waals surface area contributed by atoms with Gasteiger partial charge in [0.1, 0.15) is 0 Å². The maximum atomic E-state index is 10.7. The van der Waals surface area contributed by atoms with Crippen molar-refractivity contribution >= 4 is 10.8 Å². The Bertz CT molecular complexity index is 106. The van der Waals surface area contributed by atoms with E-state index < -0.39 is 10.8 Å². The van der Waals surface area contributed by atoms with Crippen LogP contribution in [-0.2, 0) is 10.8 Å². The Morgan fingerprint density at radius 1 is 1.60 bits per heavy atom. The first-order valence-corrected chi connectivity index (χ1v) is 5.43. The van der Waals surface area contributed by atoms with Gasteiger partial charge in [-0.15, -0.1) is 0 Å². The lowest BCUT2D eigenvalue weighted by atomic mass is 10.3. The van der Waals surface area contributed by atoms with E-state index in [1.165, 1.54) is 0 Å². The van der Waals surface area contributed by atoms with Gasteiger partial charge in [0.2, 0.25) is 0 Å². The van der Waals surface area contributed by atoms with Gasteiger partial charge in [-0.1, -0.05) is 6.92 Å². The highest BCUT2D eigenvalue weighted by Crippen LogP contribution is 1.85. The fourth-order valence-electron chi connectivity index (χ4n) is 0.802. The molecule has 0 spiro atoms. The van der Waals surface area contributed by atoms with Crippen molar-refractivity contribution < 1.29 is 4.21 Å². The molecule has 2 nitrogen and oxygen atoms in total. The molecule has 0 rings (SSSR count). The molecule has 0 heterocycles. The van der Waals surface area contributed by atoms with E-state index in [9.17, 15) is 4.21 Å². The summed E-state index contributed by atoms with van der Waals surface area (Å²) < 4.78 is 10.7. The zero-order valence-corrected chi connectivity index (χ0v) is 7.83. The fourth-order valence-corrected chi connectivity index (χ4v) is 1.62. The molecule has 0 saturated carbocycles. The zero-order valence-electron chi connectivity index (χ0n) is 7.02. The first kappa shape index (κ1) is 10.1. The van der Waals surface area contributed by atoms with Crippen LogP contribution >= 0.6 is 0 Å². The van der Waals surface area contributed by atoms with Crippen LogP contribution in [-0.4, -0.2) is 28.8 Å². The summed E-state index contributed by atoms with van der Waals surface area (Å²) in [4.78, 5) is 0. The molecular formula is C7H17NOS. The molecule has 0 aromatic rings. The molecule has 0 aromatic heterocycles. The van der Waals surface area contributed by atoms with Gasteiger partial charge in [-0.2, -0.15) is 0 Å². The van der Waals surface area contributed by atoms with E-state index in [2.05, 4.69) is 19.2 Å². The van der Waals surface area contributed by atoms with Crippen molar-refractivity contribution in [3.8, 4) is 0 Å². The minimum absolute atomic E-state index is 0.394. The average Bonchev–Trinajstić information content (AvgIpc) is 1.82. The molecule has 0 amide bonds. The predicted molar refractivity (Wildman–Crippen MR) is 46.7 cm³/mol. The van der Waals surface area contributed by atoms with Gasteiger partial charge < -0.3 is 5.32 Å². The van der Waals surface area contributed by atoms with Crippen LogP contribution in [0.5, 0.6) is 0 Å². The lowest BCUT2D eigenvalue weighted by molar-refractivity contribution is 0.583. The SMILES string of the molecule is CCCNC(C)CS(C)=O. The Morgan fingerprint density at radius 3 is 2.60 bits per heavy atom. The largest absolute Gasteiger partial charge is 0.313 e. The molecule has 1 N–H and O–H groups in total. The van der Waals surface area contributed by atoms with E-state index in [4.69, 9.17) is 0 Å². The summed E-state index contributed by atoms with van der Waals surface area (Å²) in [6.07, 6.45) is 2.88. The van der Waals surface area contributed by atoms with Crippen LogP contribution in [0.25, 0.3) is 0 Å². The Labute approximate surface area is 65.9 Å². The molecule has 62 valence electrons. The van der Waals surface area contributed by atoms with E-state index in [-0.39, 0.29) is 0 Å². The number of hydrogen-bond donors (Lipinski definition) is 1. The van der Waals surface area contributed by atoms with Crippen molar-refractivity contribution in [3.05, 3.63) is 0 Å². The molecule has 0 aliphatic heterocycles. The minimum Gasteiger partial charge on any atom is -0.313 e. The third kappa shape index (κ3) is 6.23. The molecule has 0 aliphatic carbocycles. The van der Waals surface area contributed by atoms with Crippen LogP contribution in [0.1, 0.15) is 20.3 Å². The lowest BCUT2D eigenvalue weighted by Crippen LogP contribution is -2.31. The Balaban J connectivity index is 3.25. The van der Waals surface area contributed by atoms with Crippen LogP contribution in [0.2, 0.25) is 0 Å². The summed E-state index contributed by atoms with van der Waals surface area (Å²) in [5, 5.41) is 3.27. The van der Waals surface area contributed by atoms with Crippen molar-refractivity contribution in [1.82, 2.24) is 5.32 Å². The first-order chi connectivity index (χ1) is 4.66. The highest BCUT2D eigenvalue weighted by Gasteiger charge is 2.00. The van der Waals surface area contributed by atoms with Crippen LogP contribution < -0.4 is 5.32 Å². The molecule has 10 heavy (non-hydrogen) atoms. The molecule has 0 aromatic carbocycles. The molecule has 0 radical (unpaired) electrons. The maximum Gasteiger partial charge on any atom is 0.0383 e. The number of hydrogen-bond acceptors (Lipinski definition) is 2. The van der Waals surface area contributed by atoms with Gasteiger partial charge in [-0.25, -0.2) is 0 Å². The van der Waals surface area contributed by atoms with E-state index in [0.717, 1.165) is 18.7 Å². The van der Waals surface area contributed by atoms with Crippen LogP contribution in [0.4, 0.5) is 0 Å². The van der Waals surface area contributed by atoms with Crippen molar-refractivity contribution in [3.63, 3.8) is 0 Å². The Morgan fingerprint density at radius 2 is 2.20 bits per heavy atom. The lowest BCUT2D eigenvalue weighted by Gasteiger charge is -2.10. The molecule has 0 fully saturated rings. The van der Waals surface area contributed by atoms with Crippen LogP contribution in [0, 0.1) is 0 Å². The topological polar surface area (TPSA) is 29.1 Å². The molecule has 2 atom stereocenters. The van der Waals surface area contributed by atoms with Gasteiger partial charge >= 0.3 is 0 Å². The third-order valence-electron chi connectivity index (χ3n) is 1.23. The smallest absolute Gasteiger partial charge is 0.0383 e. The quantitative estimate of drug-likeness (QED) is 0.648. The van der Waals surface area contributed by atoms with Crippen LogP contribution in [0.15, 0.2) is 0 Å². The molecule has 0 aliphatic rings. The summed E-state index contributed by atoms with van der Waals surface area (Å²) in [5.74, 6) is 0.764. The van der Waals surface area contributed by atoms with Crippen molar-refractivity contribution in [2.45, 2.75) is 26.3 Å². The minimum atomic E-state index is -0.662. The normalized spacial score (nSPS) is 16.7. The summed E-state index contributed by atoms with van der Waals surface area (Å²) in [7, 11) is -0.662. The van der Waals surface area contributed by atoms with Gasteiger partial charge in [-0.05, 0) is 19.9 Å². The van der Waals surface area contributed by atoms with Gasteiger partial charge in [0, 0.05) is 28.9 Å². The van der Waals surface area contributed by atoms with Crippen molar-refractivity contribution in [2.24, 2.45) is 0 Å². The van der Waals surface area contributed by atoms with Crippen LogP contribution in [0.3, 0.4) is 0 Å². The van der Waals surface area contributed by atoms with E-state index in [0.29, 0.717) is 6.04 Å². The number of rotatable bonds is 5. The molecule has 0 saturated heterocycles. The monoisotopic (exact) mass is 163 g/mol. The van der Waals surface area contributed by atoms with Crippen molar-refractivity contribution in [1.29, 1.82) is 0 Å². The van der Waals surface area contributed by atoms with E-state index >= 15 is 0 Å². The summed E-state index contributed by atoms with van der Waals surface area (Å²) >= 11 is 0. The highest BCUT2D eigenvalue weighted by molar-refractivity contribution is 7.84. The van der Waals surface area contributed by atoms with E-state index in [1.807, 2.05) is 0 Å². The Kier molecular flexibility index (Phi) is 5.93. The predicted octanol–water partition coefficient (Wildman–Crippen LogP) is 0.753.